The number of nitrogens with two attached hydrogens (primary N) is 3. The zero-order chi connectivity index (χ0) is 17.6. The average molecular weight is 338 g/mol. The molecular weight excluding hydrogens is 324 g/mol. The maximum absolute atomic E-state index is 5.97. The number of hydrogen-bond donors (Lipinski definition) is 4. The van der Waals surface area contributed by atoms with Gasteiger partial charge in [0.2, 0.25) is 0 Å². The normalized spacial score (nSPS) is 11.7. The van der Waals surface area contributed by atoms with Crippen LogP contribution in [0.15, 0.2) is 34.5 Å². The second kappa shape index (κ2) is 5.33. The standard InChI is InChI=1S/C14H14N10O/c1-25-7-4-2-6(3-5-7)19-20-9-12(17)23-24-13-8(11(16)21-22-13)10(15)18-14(9)24/h2-5H,1H3,(H2,15,18)(H2,17,23)(H3,16,21,22). The van der Waals surface area contributed by atoms with Crippen molar-refractivity contribution in [3.8, 4) is 5.75 Å². The van der Waals surface area contributed by atoms with Gasteiger partial charge in [-0.1, -0.05) is 0 Å². The van der Waals surface area contributed by atoms with Crippen LogP contribution in [0, 0.1) is 0 Å². The predicted molar refractivity (Wildman–Crippen MR) is 93.0 cm³/mol. The van der Waals surface area contributed by atoms with E-state index < -0.39 is 0 Å². The molecule has 7 N–H and O–H groups in total. The molecule has 25 heavy (non-hydrogen) atoms. The van der Waals surface area contributed by atoms with Gasteiger partial charge in [0.1, 0.15) is 22.8 Å². The molecule has 0 aliphatic carbocycles. The van der Waals surface area contributed by atoms with E-state index in [4.69, 9.17) is 21.9 Å². The summed E-state index contributed by atoms with van der Waals surface area (Å²) in [6.07, 6.45) is 0. The quantitative estimate of drug-likeness (QED) is 0.412. The van der Waals surface area contributed by atoms with Gasteiger partial charge >= 0.3 is 0 Å². The van der Waals surface area contributed by atoms with Gasteiger partial charge in [0.05, 0.1) is 12.8 Å². The molecule has 0 aliphatic heterocycles. The predicted octanol–water partition coefficient (Wildman–Crippen LogP) is 1.78. The average Bonchev–Trinajstić information content (AvgIpc) is 3.14. The Morgan fingerprint density at radius 3 is 2.52 bits per heavy atom. The number of ether oxygens (including phenoxy) is 1. The highest BCUT2D eigenvalue weighted by atomic mass is 16.5. The minimum atomic E-state index is 0.151. The maximum Gasteiger partial charge on any atom is 0.190 e. The molecule has 0 spiro atoms. The summed E-state index contributed by atoms with van der Waals surface area (Å²) in [5.74, 6) is 1.38. The van der Waals surface area contributed by atoms with Crippen LogP contribution in [0.5, 0.6) is 5.75 Å². The molecule has 4 aromatic rings. The number of nitrogens with one attached hydrogen (secondary N) is 1. The number of benzene rings is 1. The molecule has 11 nitrogen and oxygen atoms in total. The molecular formula is C14H14N10O. The molecule has 0 saturated heterocycles. The Labute approximate surface area is 140 Å². The van der Waals surface area contributed by atoms with Gasteiger partial charge in [0.15, 0.2) is 22.8 Å². The Balaban J connectivity index is 1.84. The number of nitrogens with zero attached hydrogens (tertiary/aromatic N) is 6. The van der Waals surface area contributed by atoms with Crippen LogP contribution >= 0.6 is 0 Å². The molecule has 4 rings (SSSR count). The Bertz CT molecular complexity index is 1110. The number of rotatable bonds is 3. The van der Waals surface area contributed by atoms with Gasteiger partial charge in [0, 0.05) is 0 Å². The molecule has 0 saturated carbocycles. The molecule has 11 heteroatoms. The minimum absolute atomic E-state index is 0.151. The third-order valence-corrected chi connectivity index (χ3v) is 3.66. The Kier molecular flexibility index (Phi) is 3.13. The van der Waals surface area contributed by atoms with Crippen molar-refractivity contribution in [3.05, 3.63) is 24.3 Å². The number of nitrogen functional groups attached to an aromatic ring is 3. The highest BCUT2D eigenvalue weighted by molar-refractivity contribution is 5.97. The van der Waals surface area contributed by atoms with Gasteiger partial charge in [0.25, 0.3) is 0 Å². The summed E-state index contributed by atoms with van der Waals surface area (Å²) in [7, 11) is 1.59. The second-order valence-electron chi connectivity index (χ2n) is 5.20. The van der Waals surface area contributed by atoms with E-state index in [1.165, 1.54) is 4.52 Å². The molecule has 0 atom stereocenters. The lowest BCUT2D eigenvalue weighted by Crippen LogP contribution is -1.99. The van der Waals surface area contributed by atoms with Crippen molar-refractivity contribution in [2.45, 2.75) is 0 Å². The molecule has 126 valence electrons. The van der Waals surface area contributed by atoms with Crippen LogP contribution in [-0.4, -0.2) is 31.9 Å². The molecule has 3 heterocycles. The highest BCUT2D eigenvalue weighted by Gasteiger charge is 2.19. The Morgan fingerprint density at radius 2 is 1.80 bits per heavy atom. The van der Waals surface area contributed by atoms with Crippen LogP contribution in [0.3, 0.4) is 0 Å². The van der Waals surface area contributed by atoms with E-state index in [9.17, 15) is 0 Å². The number of azo groups is 1. The lowest BCUT2D eigenvalue weighted by Gasteiger charge is -1.99. The smallest absolute Gasteiger partial charge is 0.190 e. The van der Waals surface area contributed by atoms with Gasteiger partial charge in [-0.15, -0.1) is 10.2 Å². The van der Waals surface area contributed by atoms with Gasteiger partial charge in [-0.3, -0.25) is 5.10 Å². The van der Waals surface area contributed by atoms with Crippen molar-refractivity contribution < 1.29 is 4.74 Å². The summed E-state index contributed by atoms with van der Waals surface area (Å²) in [4.78, 5) is 4.28. The SMILES string of the molecule is COc1ccc(N=Nc2c(N)nn3c2nc(N)c2c(N)[nH]nc23)cc1. The molecule has 0 amide bonds. The molecule has 1 aromatic carbocycles. The fourth-order valence-corrected chi connectivity index (χ4v) is 2.44. The minimum Gasteiger partial charge on any atom is -0.497 e. The van der Waals surface area contributed by atoms with E-state index in [2.05, 4.69) is 30.5 Å². The number of H-pyrrole nitrogens is 1. The van der Waals surface area contributed by atoms with E-state index >= 15 is 0 Å². The van der Waals surface area contributed by atoms with Gasteiger partial charge in [-0.05, 0) is 24.3 Å². The molecule has 0 bridgehead atoms. The van der Waals surface area contributed by atoms with Gasteiger partial charge < -0.3 is 21.9 Å². The van der Waals surface area contributed by atoms with Gasteiger partial charge in [-0.25, -0.2) is 4.98 Å². The first kappa shape index (κ1) is 14.7. The van der Waals surface area contributed by atoms with E-state index in [0.29, 0.717) is 33.9 Å². The van der Waals surface area contributed by atoms with Gasteiger partial charge in [-0.2, -0.15) is 14.7 Å². The fourth-order valence-electron chi connectivity index (χ4n) is 2.44. The van der Waals surface area contributed by atoms with Crippen LogP contribution < -0.4 is 21.9 Å². The number of methoxy groups -OCH3 is 1. The first-order chi connectivity index (χ1) is 12.1. The lowest BCUT2D eigenvalue weighted by atomic mass is 10.3. The first-order valence-corrected chi connectivity index (χ1v) is 7.21. The molecule has 3 aromatic heterocycles. The van der Waals surface area contributed by atoms with Crippen LogP contribution in [0.2, 0.25) is 0 Å². The number of aromatic nitrogens is 5. The summed E-state index contributed by atoms with van der Waals surface area (Å²) in [6, 6.07) is 7.08. The summed E-state index contributed by atoms with van der Waals surface area (Å²) < 4.78 is 6.53. The lowest BCUT2D eigenvalue weighted by molar-refractivity contribution is 0.415. The van der Waals surface area contributed by atoms with E-state index in [0.717, 1.165) is 5.75 Å². The van der Waals surface area contributed by atoms with Crippen LogP contribution in [-0.2, 0) is 0 Å². The fraction of sp³-hybridized carbons (Fsp3) is 0.0714. The summed E-state index contributed by atoms with van der Waals surface area (Å²) in [6.45, 7) is 0. The molecule has 0 fully saturated rings. The van der Waals surface area contributed by atoms with E-state index in [1.54, 1.807) is 31.4 Å². The maximum atomic E-state index is 5.97. The van der Waals surface area contributed by atoms with Crippen molar-refractivity contribution in [2.24, 2.45) is 10.2 Å². The summed E-state index contributed by atoms with van der Waals surface area (Å²) >= 11 is 0. The molecule has 0 radical (unpaired) electrons. The topological polar surface area (TPSA) is 171 Å². The number of anilines is 3. The third kappa shape index (κ3) is 2.25. The summed E-state index contributed by atoms with van der Waals surface area (Å²) in [5.41, 5.74) is 19.4. The monoisotopic (exact) mass is 338 g/mol. The summed E-state index contributed by atoms with van der Waals surface area (Å²) in [5, 5.41) is 19.7. The number of aromatic amines is 1. The third-order valence-electron chi connectivity index (χ3n) is 3.66. The zero-order valence-electron chi connectivity index (χ0n) is 13.1. The van der Waals surface area contributed by atoms with Crippen molar-refractivity contribution in [2.75, 3.05) is 24.3 Å². The Morgan fingerprint density at radius 1 is 1.04 bits per heavy atom. The Hall–Kier alpha value is -3.89. The first-order valence-electron chi connectivity index (χ1n) is 7.21. The van der Waals surface area contributed by atoms with Crippen molar-refractivity contribution in [3.63, 3.8) is 0 Å². The van der Waals surface area contributed by atoms with Crippen LogP contribution in [0.4, 0.5) is 28.8 Å². The number of fused-ring (bicyclic) bond motifs is 3. The highest BCUT2D eigenvalue weighted by Crippen LogP contribution is 2.33. The van der Waals surface area contributed by atoms with E-state index in [1.807, 2.05) is 0 Å². The largest absolute Gasteiger partial charge is 0.497 e. The molecule has 0 aliphatic rings. The zero-order valence-corrected chi connectivity index (χ0v) is 13.1. The second-order valence-corrected chi connectivity index (χ2v) is 5.20. The van der Waals surface area contributed by atoms with Crippen molar-refractivity contribution >= 4 is 45.5 Å². The van der Waals surface area contributed by atoms with Crippen LogP contribution in [0.25, 0.3) is 16.7 Å². The van der Waals surface area contributed by atoms with Crippen molar-refractivity contribution in [1.29, 1.82) is 0 Å². The van der Waals surface area contributed by atoms with Crippen LogP contribution in [0.1, 0.15) is 0 Å². The van der Waals surface area contributed by atoms with Crippen molar-refractivity contribution in [1.82, 2.24) is 24.8 Å². The van der Waals surface area contributed by atoms with E-state index in [-0.39, 0.29) is 11.6 Å². The number of hydrogen-bond acceptors (Lipinski definition) is 9. The molecule has 0 unspecified atom stereocenters.